The molecule has 28 heavy (non-hydrogen) atoms. The molecule has 2 aliphatic heterocycles. The Labute approximate surface area is 165 Å². The maximum absolute atomic E-state index is 12.7. The highest BCUT2D eigenvalue weighted by Gasteiger charge is 2.35. The van der Waals surface area contributed by atoms with Crippen molar-refractivity contribution in [3.63, 3.8) is 0 Å². The Bertz CT molecular complexity index is 783. The molecule has 1 aromatic heterocycles. The Balaban J connectivity index is 1.22. The van der Waals surface area contributed by atoms with E-state index in [1.54, 1.807) is 11.2 Å². The van der Waals surface area contributed by atoms with Crippen molar-refractivity contribution >= 4 is 11.8 Å². The topological polar surface area (TPSA) is 65.8 Å². The van der Waals surface area contributed by atoms with E-state index in [1.165, 1.54) is 5.56 Å². The molecule has 0 aliphatic carbocycles. The number of nitrogens with zero attached hydrogens (tertiary/aromatic N) is 2. The molecule has 148 valence electrons. The molecule has 2 aromatic rings. The highest BCUT2D eigenvalue weighted by atomic mass is 16.3. The van der Waals surface area contributed by atoms with Crippen molar-refractivity contribution in [3.05, 3.63) is 60.1 Å². The predicted molar refractivity (Wildman–Crippen MR) is 105 cm³/mol. The predicted octanol–water partition coefficient (Wildman–Crippen LogP) is 2.41. The van der Waals surface area contributed by atoms with Crippen molar-refractivity contribution in [2.75, 3.05) is 19.6 Å². The van der Waals surface area contributed by atoms with E-state index in [0.717, 1.165) is 38.2 Å². The first-order valence-corrected chi connectivity index (χ1v) is 10.0. The summed E-state index contributed by atoms with van der Waals surface area (Å²) in [7, 11) is 0. The zero-order valence-electron chi connectivity index (χ0n) is 16.0. The smallest absolute Gasteiger partial charge is 0.225 e. The minimum atomic E-state index is -0.259. The first kappa shape index (κ1) is 18.7. The number of likely N-dealkylation sites (tertiary alicyclic amines) is 2. The van der Waals surface area contributed by atoms with Gasteiger partial charge in [0, 0.05) is 38.6 Å². The quantitative estimate of drug-likeness (QED) is 0.835. The van der Waals surface area contributed by atoms with Gasteiger partial charge in [-0.05, 0) is 30.5 Å². The molecule has 6 heteroatoms. The number of rotatable bonds is 6. The van der Waals surface area contributed by atoms with E-state index in [1.807, 2.05) is 18.2 Å². The molecular weight excluding hydrogens is 354 g/mol. The SMILES string of the molecule is O=C(NC1CCN(Cc2ccccc2)CC1)[C@@H]1CC(=O)N(Cc2ccco2)C1. The van der Waals surface area contributed by atoms with Gasteiger partial charge < -0.3 is 14.6 Å². The van der Waals surface area contributed by atoms with Crippen LogP contribution in [-0.4, -0.2) is 47.3 Å². The molecule has 1 aromatic carbocycles. The van der Waals surface area contributed by atoms with Gasteiger partial charge in [0.05, 0.1) is 18.7 Å². The summed E-state index contributed by atoms with van der Waals surface area (Å²) in [4.78, 5) is 29.0. The maximum atomic E-state index is 12.7. The third-order valence-corrected chi connectivity index (χ3v) is 5.70. The third kappa shape index (κ3) is 4.62. The van der Waals surface area contributed by atoms with Gasteiger partial charge in [0.15, 0.2) is 0 Å². The number of nitrogens with one attached hydrogen (secondary N) is 1. The molecule has 0 saturated carbocycles. The fraction of sp³-hybridized carbons (Fsp3) is 0.455. The van der Waals surface area contributed by atoms with Crippen LogP contribution >= 0.6 is 0 Å². The van der Waals surface area contributed by atoms with Gasteiger partial charge in [-0.2, -0.15) is 0 Å². The Kier molecular flexibility index (Phi) is 5.76. The molecule has 4 rings (SSSR count). The normalized spacial score (nSPS) is 21.2. The lowest BCUT2D eigenvalue weighted by Crippen LogP contribution is -2.46. The molecule has 3 heterocycles. The Morgan fingerprint density at radius 2 is 1.86 bits per heavy atom. The second-order valence-electron chi connectivity index (χ2n) is 7.80. The Morgan fingerprint density at radius 1 is 1.07 bits per heavy atom. The number of hydrogen-bond donors (Lipinski definition) is 1. The summed E-state index contributed by atoms with van der Waals surface area (Å²) < 4.78 is 5.31. The van der Waals surface area contributed by atoms with Crippen LogP contribution in [0.5, 0.6) is 0 Å². The van der Waals surface area contributed by atoms with Crippen molar-refractivity contribution in [1.82, 2.24) is 15.1 Å². The van der Waals surface area contributed by atoms with Crippen molar-refractivity contribution in [3.8, 4) is 0 Å². The zero-order valence-corrected chi connectivity index (χ0v) is 16.0. The van der Waals surface area contributed by atoms with Gasteiger partial charge >= 0.3 is 0 Å². The van der Waals surface area contributed by atoms with E-state index in [9.17, 15) is 9.59 Å². The molecule has 2 aliphatic rings. The summed E-state index contributed by atoms with van der Waals surface area (Å²) in [5.41, 5.74) is 1.33. The van der Waals surface area contributed by atoms with Crippen molar-refractivity contribution in [2.24, 2.45) is 5.92 Å². The van der Waals surface area contributed by atoms with Crippen LogP contribution in [0.2, 0.25) is 0 Å². The van der Waals surface area contributed by atoms with Gasteiger partial charge in [0.25, 0.3) is 0 Å². The fourth-order valence-corrected chi connectivity index (χ4v) is 4.09. The molecular formula is C22H27N3O3. The fourth-order valence-electron chi connectivity index (χ4n) is 4.09. The lowest BCUT2D eigenvalue weighted by molar-refractivity contribution is -0.129. The molecule has 2 saturated heterocycles. The lowest BCUT2D eigenvalue weighted by Gasteiger charge is -2.32. The van der Waals surface area contributed by atoms with Crippen molar-refractivity contribution in [1.29, 1.82) is 0 Å². The monoisotopic (exact) mass is 381 g/mol. The van der Waals surface area contributed by atoms with E-state index in [0.29, 0.717) is 19.5 Å². The second kappa shape index (κ2) is 8.61. The van der Waals surface area contributed by atoms with Gasteiger partial charge in [-0.25, -0.2) is 0 Å². The molecule has 0 radical (unpaired) electrons. The standard InChI is InChI=1S/C22H27N3O3/c26-21-13-18(15-25(21)16-20-7-4-12-28-20)22(27)23-19-8-10-24(11-9-19)14-17-5-2-1-3-6-17/h1-7,12,18-19H,8-11,13-16H2,(H,23,27)/t18-/m1/s1. The van der Waals surface area contributed by atoms with E-state index in [4.69, 9.17) is 4.42 Å². The summed E-state index contributed by atoms with van der Waals surface area (Å²) >= 11 is 0. The van der Waals surface area contributed by atoms with E-state index < -0.39 is 0 Å². The first-order valence-electron chi connectivity index (χ1n) is 10.0. The average molecular weight is 381 g/mol. The number of piperidine rings is 1. The molecule has 2 fully saturated rings. The maximum Gasteiger partial charge on any atom is 0.225 e. The number of furan rings is 1. The molecule has 6 nitrogen and oxygen atoms in total. The van der Waals surface area contributed by atoms with Crippen LogP contribution in [0.25, 0.3) is 0 Å². The van der Waals surface area contributed by atoms with Gasteiger partial charge in [0.1, 0.15) is 5.76 Å². The molecule has 0 spiro atoms. The summed E-state index contributed by atoms with van der Waals surface area (Å²) in [6.07, 6.45) is 3.80. The molecule has 1 atom stereocenters. The van der Waals surface area contributed by atoms with Crippen LogP contribution in [0.4, 0.5) is 0 Å². The molecule has 0 bridgehead atoms. The minimum absolute atomic E-state index is 0.0109. The lowest BCUT2D eigenvalue weighted by atomic mass is 10.0. The number of carbonyl (C=O) groups excluding carboxylic acids is 2. The Hall–Kier alpha value is -2.60. The van der Waals surface area contributed by atoms with Gasteiger partial charge in [-0.3, -0.25) is 14.5 Å². The van der Waals surface area contributed by atoms with E-state index in [2.05, 4.69) is 34.5 Å². The molecule has 1 N–H and O–H groups in total. The van der Waals surface area contributed by atoms with Crippen LogP contribution in [0, 0.1) is 5.92 Å². The van der Waals surface area contributed by atoms with Crippen LogP contribution in [0.1, 0.15) is 30.6 Å². The minimum Gasteiger partial charge on any atom is -0.467 e. The average Bonchev–Trinajstić information content (AvgIpc) is 3.35. The highest BCUT2D eigenvalue weighted by Crippen LogP contribution is 2.22. The first-order chi connectivity index (χ1) is 13.7. The van der Waals surface area contributed by atoms with Crippen LogP contribution in [0.3, 0.4) is 0 Å². The van der Waals surface area contributed by atoms with Crippen LogP contribution in [0.15, 0.2) is 53.1 Å². The Morgan fingerprint density at radius 3 is 2.57 bits per heavy atom. The van der Waals surface area contributed by atoms with Crippen LogP contribution < -0.4 is 5.32 Å². The number of benzene rings is 1. The largest absolute Gasteiger partial charge is 0.467 e. The second-order valence-corrected chi connectivity index (χ2v) is 7.80. The van der Waals surface area contributed by atoms with E-state index >= 15 is 0 Å². The number of amides is 2. The van der Waals surface area contributed by atoms with Crippen molar-refractivity contribution in [2.45, 2.75) is 38.4 Å². The molecule has 2 amide bonds. The van der Waals surface area contributed by atoms with Gasteiger partial charge in [-0.1, -0.05) is 30.3 Å². The molecule has 0 unspecified atom stereocenters. The summed E-state index contributed by atoms with van der Waals surface area (Å²) in [5.74, 6) is 0.524. The summed E-state index contributed by atoms with van der Waals surface area (Å²) in [6.45, 7) is 3.83. The highest BCUT2D eigenvalue weighted by molar-refractivity contribution is 5.89. The number of carbonyl (C=O) groups is 2. The summed E-state index contributed by atoms with van der Waals surface area (Å²) in [6, 6.07) is 14.3. The van der Waals surface area contributed by atoms with Gasteiger partial charge in [0.2, 0.25) is 11.8 Å². The van der Waals surface area contributed by atoms with Gasteiger partial charge in [-0.15, -0.1) is 0 Å². The third-order valence-electron chi connectivity index (χ3n) is 5.70. The number of hydrogen-bond acceptors (Lipinski definition) is 4. The van der Waals surface area contributed by atoms with Crippen LogP contribution in [-0.2, 0) is 22.7 Å². The van der Waals surface area contributed by atoms with E-state index in [-0.39, 0.29) is 23.8 Å². The zero-order chi connectivity index (χ0) is 19.3. The van der Waals surface area contributed by atoms with Crippen molar-refractivity contribution < 1.29 is 14.0 Å². The summed E-state index contributed by atoms with van der Waals surface area (Å²) in [5, 5.41) is 3.18.